The molecule has 0 saturated heterocycles. The first-order valence-electron chi connectivity index (χ1n) is 5.41. The van der Waals surface area contributed by atoms with Crippen LogP contribution in [0.3, 0.4) is 0 Å². The molecule has 4 heteroatoms. The molecule has 0 aliphatic carbocycles. The van der Waals surface area contributed by atoms with Crippen LogP contribution in [0.1, 0.15) is 18.9 Å². The van der Waals surface area contributed by atoms with Crippen LogP contribution >= 0.6 is 0 Å². The topological polar surface area (TPSA) is 61.4 Å². The number of hydrogen-bond donors (Lipinski definition) is 3. The van der Waals surface area contributed by atoms with E-state index in [-0.39, 0.29) is 18.7 Å². The zero-order valence-corrected chi connectivity index (χ0v) is 9.44. The van der Waals surface area contributed by atoms with Crippen LogP contribution < -0.4 is 10.6 Å². The van der Waals surface area contributed by atoms with Gasteiger partial charge in [0.25, 0.3) is 0 Å². The summed E-state index contributed by atoms with van der Waals surface area (Å²) in [4.78, 5) is 11.4. The van der Waals surface area contributed by atoms with Crippen molar-refractivity contribution in [2.45, 2.75) is 25.9 Å². The number of hydrogen-bond acceptors (Lipinski definition) is 2. The first-order valence-corrected chi connectivity index (χ1v) is 5.41. The smallest absolute Gasteiger partial charge is 0.315 e. The highest BCUT2D eigenvalue weighted by molar-refractivity contribution is 5.74. The molecular formula is C12H18N2O2. The monoisotopic (exact) mass is 222 g/mol. The number of urea groups is 1. The number of carbonyl (C=O) groups excluding carboxylic acids is 1. The summed E-state index contributed by atoms with van der Waals surface area (Å²) in [5.41, 5.74) is 1.06. The second kappa shape index (κ2) is 6.85. The Labute approximate surface area is 95.7 Å². The van der Waals surface area contributed by atoms with Crippen molar-refractivity contribution in [2.24, 2.45) is 0 Å². The van der Waals surface area contributed by atoms with Crippen LogP contribution in [0.5, 0.6) is 0 Å². The third-order valence-electron chi connectivity index (χ3n) is 2.24. The van der Waals surface area contributed by atoms with Crippen molar-refractivity contribution >= 4 is 6.03 Å². The van der Waals surface area contributed by atoms with Gasteiger partial charge < -0.3 is 15.7 Å². The summed E-state index contributed by atoms with van der Waals surface area (Å²) in [6.07, 6.45) is 0.568. The van der Waals surface area contributed by atoms with Gasteiger partial charge in [-0.05, 0) is 18.9 Å². The molecule has 1 aromatic rings. The number of benzene rings is 1. The molecule has 0 unspecified atom stereocenters. The van der Waals surface area contributed by atoms with E-state index in [1.165, 1.54) is 0 Å². The van der Waals surface area contributed by atoms with E-state index in [0.29, 0.717) is 13.0 Å². The average Bonchev–Trinajstić information content (AvgIpc) is 2.28. The van der Waals surface area contributed by atoms with E-state index in [2.05, 4.69) is 10.6 Å². The fourth-order valence-corrected chi connectivity index (χ4v) is 1.32. The van der Waals surface area contributed by atoms with Gasteiger partial charge in [0, 0.05) is 19.2 Å². The molecule has 88 valence electrons. The Balaban J connectivity index is 2.25. The number of amides is 2. The van der Waals surface area contributed by atoms with Crippen LogP contribution in [0.4, 0.5) is 4.79 Å². The predicted molar refractivity (Wildman–Crippen MR) is 63.0 cm³/mol. The lowest BCUT2D eigenvalue weighted by atomic mass is 10.2. The summed E-state index contributed by atoms with van der Waals surface area (Å²) < 4.78 is 0. The van der Waals surface area contributed by atoms with Crippen LogP contribution in [-0.2, 0) is 6.54 Å². The fraction of sp³-hybridized carbons (Fsp3) is 0.417. The van der Waals surface area contributed by atoms with Crippen LogP contribution in [0.2, 0.25) is 0 Å². The third-order valence-corrected chi connectivity index (χ3v) is 2.24. The van der Waals surface area contributed by atoms with Crippen molar-refractivity contribution in [3.63, 3.8) is 0 Å². The van der Waals surface area contributed by atoms with Gasteiger partial charge >= 0.3 is 6.03 Å². The Bertz CT molecular complexity index is 314. The lowest BCUT2D eigenvalue weighted by Crippen LogP contribution is -2.40. The Hall–Kier alpha value is -1.55. The molecule has 0 aromatic heterocycles. The maximum absolute atomic E-state index is 11.4. The molecule has 4 nitrogen and oxygen atoms in total. The molecule has 0 aliphatic rings. The molecule has 0 radical (unpaired) electrons. The van der Waals surface area contributed by atoms with Crippen molar-refractivity contribution in [1.29, 1.82) is 0 Å². The van der Waals surface area contributed by atoms with Crippen molar-refractivity contribution in [3.05, 3.63) is 35.9 Å². The van der Waals surface area contributed by atoms with E-state index in [1.54, 1.807) is 0 Å². The molecule has 2 amide bonds. The summed E-state index contributed by atoms with van der Waals surface area (Å²) >= 11 is 0. The van der Waals surface area contributed by atoms with E-state index >= 15 is 0 Å². The Morgan fingerprint density at radius 1 is 1.38 bits per heavy atom. The number of nitrogens with one attached hydrogen (secondary N) is 2. The van der Waals surface area contributed by atoms with E-state index in [9.17, 15) is 4.79 Å². The van der Waals surface area contributed by atoms with Gasteiger partial charge in [0.2, 0.25) is 0 Å². The standard InChI is InChI=1S/C12H18N2O2/c1-10(7-8-15)14-12(16)13-9-11-5-3-2-4-6-11/h2-6,10,15H,7-9H2,1H3,(H2,13,14,16)/t10-/m1/s1. The number of rotatable bonds is 5. The van der Waals surface area contributed by atoms with Gasteiger partial charge in [0.05, 0.1) is 0 Å². The van der Waals surface area contributed by atoms with Gasteiger partial charge in [-0.3, -0.25) is 0 Å². The molecule has 0 spiro atoms. The molecule has 0 heterocycles. The van der Waals surface area contributed by atoms with Gasteiger partial charge in [-0.15, -0.1) is 0 Å². The van der Waals surface area contributed by atoms with Gasteiger partial charge in [0.1, 0.15) is 0 Å². The minimum atomic E-state index is -0.204. The number of aliphatic hydroxyl groups excluding tert-OH is 1. The lowest BCUT2D eigenvalue weighted by Gasteiger charge is -2.13. The summed E-state index contributed by atoms with van der Waals surface area (Å²) in [6, 6.07) is 9.50. The molecule has 0 aliphatic heterocycles. The number of carbonyl (C=O) groups is 1. The van der Waals surface area contributed by atoms with E-state index in [4.69, 9.17) is 5.11 Å². The third kappa shape index (κ3) is 4.79. The average molecular weight is 222 g/mol. The zero-order chi connectivity index (χ0) is 11.8. The summed E-state index contributed by atoms with van der Waals surface area (Å²) in [7, 11) is 0. The van der Waals surface area contributed by atoms with Crippen molar-refractivity contribution < 1.29 is 9.90 Å². The maximum atomic E-state index is 11.4. The van der Waals surface area contributed by atoms with Crippen LogP contribution in [-0.4, -0.2) is 23.8 Å². The summed E-state index contributed by atoms with van der Waals surface area (Å²) in [5, 5.41) is 14.2. The van der Waals surface area contributed by atoms with Gasteiger partial charge in [-0.1, -0.05) is 30.3 Å². The first kappa shape index (κ1) is 12.5. The van der Waals surface area contributed by atoms with Crippen molar-refractivity contribution in [1.82, 2.24) is 10.6 Å². The molecule has 0 saturated carbocycles. The van der Waals surface area contributed by atoms with E-state index in [0.717, 1.165) is 5.56 Å². The zero-order valence-electron chi connectivity index (χ0n) is 9.44. The highest BCUT2D eigenvalue weighted by atomic mass is 16.3. The van der Waals surface area contributed by atoms with Crippen molar-refractivity contribution in [3.8, 4) is 0 Å². The van der Waals surface area contributed by atoms with Crippen LogP contribution in [0.15, 0.2) is 30.3 Å². The lowest BCUT2D eigenvalue weighted by molar-refractivity contribution is 0.230. The fourth-order valence-electron chi connectivity index (χ4n) is 1.32. The van der Waals surface area contributed by atoms with Gasteiger partial charge in [0.15, 0.2) is 0 Å². The molecule has 1 aromatic carbocycles. The van der Waals surface area contributed by atoms with E-state index < -0.39 is 0 Å². The second-order valence-electron chi connectivity index (χ2n) is 3.73. The summed E-state index contributed by atoms with van der Waals surface area (Å²) in [6.45, 7) is 2.46. The minimum absolute atomic E-state index is 0.0132. The van der Waals surface area contributed by atoms with Crippen LogP contribution in [0.25, 0.3) is 0 Å². The maximum Gasteiger partial charge on any atom is 0.315 e. The molecule has 0 fully saturated rings. The van der Waals surface area contributed by atoms with Crippen molar-refractivity contribution in [2.75, 3.05) is 6.61 Å². The highest BCUT2D eigenvalue weighted by Crippen LogP contribution is 1.97. The normalized spacial score (nSPS) is 11.9. The number of aliphatic hydroxyl groups is 1. The Morgan fingerprint density at radius 2 is 2.06 bits per heavy atom. The molecule has 1 atom stereocenters. The minimum Gasteiger partial charge on any atom is -0.396 e. The van der Waals surface area contributed by atoms with Gasteiger partial charge in [-0.2, -0.15) is 0 Å². The van der Waals surface area contributed by atoms with Gasteiger partial charge in [-0.25, -0.2) is 4.79 Å². The highest BCUT2D eigenvalue weighted by Gasteiger charge is 2.05. The van der Waals surface area contributed by atoms with Crippen LogP contribution in [0, 0.1) is 0 Å². The second-order valence-corrected chi connectivity index (χ2v) is 3.73. The molecule has 16 heavy (non-hydrogen) atoms. The predicted octanol–water partition coefficient (Wildman–Crippen LogP) is 1.26. The molecule has 0 bridgehead atoms. The molecule has 1 rings (SSSR count). The molecular weight excluding hydrogens is 204 g/mol. The molecule has 3 N–H and O–H groups in total. The first-order chi connectivity index (χ1) is 7.72. The summed E-state index contributed by atoms with van der Waals surface area (Å²) in [5.74, 6) is 0. The largest absolute Gasteiger partial charge is 0.396 e. The Morgan fingerprint density at radius 3 is 2.69 bits per heavy atom. The Kier molecular flexibility index (Phi) is 5.36. The van der Waals surface area contributed by atoms with E-state index in [1.807, 2.05) is 37.3 Å². The SMILES string of the molecule is C[C@H](CCO)NC(=O)NCc1ccccc1. The quantitative estimate of drug-likeness (QED) is 0.702.